The van der Waals surface area contributed by atoms with Gasteiger partial charge in [0.1, 0.15) is 23.5 Å². The first-order valence-electron chi connectivity index (χ1n) is 10.6. The van der Waals surface area contributed by atoms with Gasteiger partial charge in [0.15, 0.2) is 11.5 Å². The van der Waals surface area contributed by atoms with Gasteiger partial charge < -0.3 is 25.8 Å². The summed E-state index contributed by atoms with van der Waals surface area (Å²) in [6.07, 6.45) is 0.0777. The lowest BCUT2D eigenvalue weighted by Gasteiger charge is -2.24. The van der Waals surface area contributed by atoms with E-state index in [2.05, 4.69) is 30.1 Å². The average molecular weight is 518 g/mol. The van der Waals surface area contributed by atoms with E-state index in [0.717, 1.165) is 0 Å². The minimum absolute atomic E-state index is 0.0520. The molecule has 1 fully saturated rings. The van der Waals surface area contributed by atoms with E-state index >= 15 is 0 Å². The van der Waals surface area contributed by atoms with Gasteiger partial charge in [0.05, 0.1) is 25.1 Å². The van der Waals surface area contributed by atoms with Crippen molar-refractivity contribution in [3.8, 4) is 5.75 Å². The fourth-order valence-electron chi connectivity index (χ4n) is 3.56. The third-order valence-electron chi connectivity index (χ3n) is 5.28. The Balaban J connectivity index is 1.55. The van der Waals surface area contributed by atoms with E-state index in [1.54, 1.807) is 22.8 Å². The number of hydrogen-bond donors (Lipinski definition) is 4. The zero-order valence-electron chi connectivity index (χ0n) is 18.9. The van der Waals surface area contributed by atoms with Gasteiger partial charge in [-0.15, -0.1) is 0 Å². The number of benzene rings is 1. The van der Waals surface area contributed by atoms with Crippen LogP contribution in [0.25, 0.3) is 21.6 Å². The van der Waals surface area contributed by atoms with Crippen LogP contribution in [-0.4, -0.2) is 55.4 Å². The van der Waals surface area contributed by atoms with Crippen molar-refractivity contribution in [2.45, 2.75) is 37.8 Å². The number of carbonyl (C=O) groups is 1. The van der Waals surface area contributed by atoms with E-state index < -0.39 is 38.1 Å². The summed E-state index contributed by atoms with van der Waals surface area (Å²) in [5.74, 6) is -1.02. The van der Waals surface area contributed by atoms with Crippen LogP contribution in [0.3, 0.4) is 0 Å². The topological polar surface area (TPSA) is 238 Å². The molecule has 5 atom stereocenters. The second kappa shape index (κ2) is 10.4. The highest BCUT2D eigenvalue weighted by Gasteiger charge is 2.40. The Morgan fingerprint density at radius 3 is 2.86 bits per heavy atom. The van der Waals surface area contributed by atoms with E-state index in [-0.39, 0.29) is 30.5 Å². The molecular formula is C19H23N10O6P. The zero-order valence-corrected chi connectivity index (χ0v) is 19.8. The van der Waals surface area contributed by atoms with Crippen LogP contribution >= 0.6 is 7.75 Å². The molecule has 1 saturated heterocycles. The largest absolute Gasteiger partial charge is 0.480 e. The number of nitrogens with two attached hydrogens (primary N) is 2. The van der Waals surface area contributed by atoms with Gasteiger partial charge in [0.25, 0.3) is 0 Å². The molecule has 1 aliphatic heterocycles. The third-order valence-corrected chi connectivity index (χ3v) is 6.92. The number of nitrogen functional groups attached to an aromatic ring is 2. The second-order valence-electron chi connectivity index (χ2n) is 7.81. The van der Waals surface area contributed by atoms with Crippen molar-refractivity contribution in [3.05, 3.63) is 47.1 Å². The van der Waals surface area contributed by atoms with Crippen molar-refractivity contribution < 1.29 is 28.3 Å². The molecule has 6 N–H and O–H groups in total. The van der Waals surface area contributed by atoms with Gasteiger partial charge in [0, 0.05) is 11.3 Å². The van der Waals surface area contributed by atoms with Crippen molar-refractivity contribution in [2.75, 3.05) is 18.1 Å². The molecule has 0 aliphatic carbocycles. The van der Waals surface area contributed by atoms with Gasteiger partial charge >= 0.3 is 13.7 Å². The molecule has 2 aromatic heterocycles. The lowest BCUT2D eigenvalue weighted by atomic mass is 10.1. The number of anilines is 2. The van der Waals surface area contributed by atoms with Crippen LogP contribution in [0.2, 0.25) is 0 Å². The fraction of sp³-hybridized carbons (Fsp3) is 0.368. The number of carboxylic acid groups (broad SMARTS) is 1. The Morgan fingerprint density at radius 1 is 1.42 bits per heavy atom. The van der Waals surface area contributed by atoms with E-state index in [4.69, 9.17) is 30.8 Å². The number of imidazole rings is 1. The number of carboxylic acids is 1. The number of aliphatic carboxylic acids is 1. The van der Waals surface area contributed by atoms with Gasteiger partial charge in [-0.25, -0.2) is 9.55 Å². The van der Waals surface area contributed by atoms with Crippen molar-refractivity contribution in [3.63, 3.8) is 0 Å². The smallest absolute Gasteiger partial charge is 0.459 e. The molecule has 36 heavy (non-hydrogen) atoms. The van der Waals surface area contributed by atoms with Crippen molar-refractivity contribution in [1.29, 1.82) is 0 Å². The Morgan fingerprint density at radius 2 is 2.17 bits per heavy atom. The molecule has 3 aromatic rings. The monoisotopic (exact) mass is 518 g/mol. The molecule has 0 amide bonds. The summed E-state index contributed by atoms with van der Waals surface area (Å²) < 4.78 is 32.1. The molecule has 3 heterocycles. The Kier molecular flexibility index (Phi) is 7.24. The second-order valence-corrected chi connectivity index (χ2v) is 9.51. The number of ether oxygens (including phenoxy) is 1. The van der Waals surface area contributed by atoms with Crippen LogP contribution in [0.4, 0.5) is 11.8 Å². The molecule has 17 heteroatoms. The van der Waals surface area contributed by atoms with Crippen LogP contribution < -0.4 is 21.1 Å². The first-order valence-corrected chi connectivity index (χ1v) is 12.2. The predicted octanol–water partition coefficient (Wildman–Crippen LogP) is 2.22. The van der Waals surface area contributed by atoms with Gasteiger partial charge in [-0.1, -0.05) is 23.3 Å². The van der Waals surface area contributed by atoms with E-state index in [0.29, 0.717) is 11.2 Å². The number of fused-ring (bicyclic) bond motifs is 1. The van der Waals surface area contributed by atoms with Crippen LogP contribution in [-0.2, 0) is 18.6 Å². The van der Waals surface area contributed by atoms with Gasteiger partial charge in [-0.3, -0.25) is 13.9 Å². The third kappa shape index (κ3) is 5.48. The van der Waals surface area contributed by atoms with Crippen LogP contribution in [0.1, 0.15) is 19.6 Å². The lowest BCUT2D eigenvalue weighted by Crippen LogP contribution is -2.35. The minimum Gasteiger partial charge on any atom is -0.480 e. The molecular weight excluding hydrogens is 495 g/mol. The highest BCUT2D eigenvalue weighted by molar-refractivity contribution is 7.52. The lowest BCUT2D eigenvalue weighted by molar-refractivity contribution is -0.138. The summed E-state index contributed by atoms with van der Waals surface area (Å²) in [6.45, 7) is 0.941. The highest BCUT2D eigenvalue weighted by atomic mass is 31.2. The van der Waals surface area contributed by atoms with E-state index in [1.165, 1.54) is 25.4 Å². The summed E-state index contributed by atoms with van der Waals surface area (Å²) in [5, 5.41) is 15.4. The first-order chi connectivity index (χ1) is 17.2. The SMILES string of the molecule is CC(NP(=O)(OC[C@H]1O[C@@H](n2cnc3c(N)nc(N)nc32)C[C@@H]1N=[N+]=[N-])Oc1ccccc1)C(=O)O. The van der Waals surface area contributed by atoms with Gasteiger partial charge in [-0.05, 0) is 24.6 Å². The predicted molar refractivity (Wildman–Crippen MR) is 126 cm³/mol. The van der Waals surface area contributed by atoms with Gasteiger partial charge in [0.2, 0.25) is 5.95 Å². The molecule has 0 saturated carbocycles. The maximum atomic E-state index is 13.4. The van der Waals surface area contributed by atoms with Crippen molar-refractivity contribution >= 4 is 36.6 Å². The molecule has 0 bridgehead atoms. The number of azide groups is 1. The molecule has 190 valence electrons. The van der Waals surface area contributed by atoms with Crippen molar-refractivity contribution in [1.82, 2.24) is 24.6 Å². The van der Waals surface area contributed by atoms with Crippen LogP contribution in [0.15, 0.2) is 41.8 Å². The van der Waals surface area contributed by atoms with E-state index in [9.17, 15) is 14.5 Å². The minimum atomic E-state index is -4.20. The van der Waals surface area contributed by atoms with Crippen LogP contribution in [0.5, 0.6) is 5.75 Å². The summed E-state index contributed by atoms with van der Waals surface area (Å²) in [4.78, 5) is 26.4. The first kappa shape index (κ1) is 25.2. The summed E-state index contributed by atoms with van der Waals surface area (Å²) in [6, 6.07) is 6.14. The zero-order chi connectivity index (χ0) is 25.9. The number of aromatic nitrogens is 4. The Hall–Kier alpha value is -3.94. The fourth-order valence-corrected chi connectivity index (χ4v) is 5.07. The van der Waals surface area contributed by atoms with Crippen molar-refractivity contribution in [2.24, 2.45) is 5.11 Å². The summed E-state index contributed by atoms with van der Waals surface area (Å²) in [5.41, 5.74) is 21.3. The number of nitrogens with one attached hydrogen (secondary N) is 1. The average Bonchev–Trinajstić information content (AvgIpc) is 3.42. The summed E-state index contributed by atoms with van der Waals surface area (Å²) >= 11 is 0. The Bertz CT molecular complexity index is 1350. The number of para-hydroxylation sites is 1. The number of hydrogen-bond acceptors (Lipinski definition) is 11. The molecule has 1 aromatic carbocycles. The quantitative estimate of drug-likeness (QED) is 0.131. The maximum absolute atomic E-state index is 13.4. The molecule has 1 aliphatic rings. The molecule has 0 spiro atoms. The highest BCUT2D eigenvalue weighted by Crippen LogP contribution is 2.46. The van der Waals surface area contributed by atoms with Gasteiger partial charge in [-0.2, -0.15) is 15.1 Å². The number of rotatable bonds is 10. The maximum Gasteiger partial charge on any atom is 0.459 e. The molecule has 0 radical (unpaired) electrons. The van der Waals surface area contributed by atoms with Crippen LogP contribution in [0, 0.1) is 0 Å². The van der Waals surface area contributed by atoms with E-state index in [1.807, 2.05) is 0 Å². The Labute approximate surface area is 203 Å². The standard InChI is InChI=1S/C19H23N10O6P/c1-10(18(30)31)27-36(32,35-11-5-3-2-4-6-11)33-8-13-12(26-28-22)7-14(34-13)29-9-23-15-16(20)24-19(21)25-17(15)29/h2-6,9-10,12-14H,7-8H2,1H3,(H,27,32)(H,30,31)(H4,20,21,24,25)/t10?,12-,13+,14+,36?/m0/s1. The molecule has 16 nitrogen and oxygen atoms in total. The normalized spacial score (nSPS) is 22.0. The summed E-state index contributed by atoms with van der Waals surface area (Å²) in [7, 11) is -4.20. The molecule has 4 rings (SSSR count). The number of nitrogens with zero attached hydrogens (tertiary/aromatic N) is 7. The molecule has 2 unspecified atom stereocenters.